The average molecular weight is 883 g/mol. The van der Waals surface area contributed by atoms with E-state index in [2.05, 4.69) is 24.0 Å². The number of aryl methyl sites for hydroxylation is 2. The van der Waals surface area contributed by atoms with Gasteiger partial charge >= 0.3 is 0 Å². The predicted octanol–water partition coefficient (Wildman–Crippen LogP) is 11.8. The minimum Gasteiger partial charge on any atom is -0.399 e. The molecule has 0 radical (unpaired) electrons. The molecule has 0 atom stereocenters. The summed E-state index contributed by atoms with van der Waals surface area (Å²) in [4.78, 5) is 46.0. The van der Waals surface area contributed by atoms with Crippen molar-refractivity contribution in [3.8, 4) is 0 Å². The fourth-order valence-corrected chi connectivity index (χ4v) is 4.20. The molecule has 0 spiro atoms. The van der Waals surface area contributed by atoms with Crippen LogP contribution in [0.2, 0.25) is 0 Å². The Morgan fingerprint density at radius 1 is 0.619 bits per heavy atom. The molecule has 4 aromatic carbocycles. The van der Waals surface area contributed by atoms with Gasteiger partial charge in [-0.25, -0.2) is 0 Å². The molecule has 3 N–H and O–H groups in total. The Morgan fingerprint density at radius 3 is 1.48 bits per heavy atom. The second kappa shape index (κ2) is 38.2. The first-order valence-corrected chi connectivity index (χ1v) is 20.1. The molecule has 1 aromatic heterocycles. The van der Waals surface area contributed by atoms with Crippen LogP contribution in [-0.2, 0) is 9.47 Å². The Bertz CT molecular complexity index is 2020. The minimum absolute atomic E-state index is 0.213. The molecule has 350 valence electrons. The summed E-state index contributed by atoms with van der Waals surface area (Å²) >= 11 is 0. The van der Waals surface area contributed by atoms with Gasteiger partial charge in [-0.15, -0.1) is 0 Å². The van der Waals surface area contributed by atoms with E-state index in [1.54, 1.807) is 39.4 Å². The number of H-pyrrole nitrogens is 1. The largest absolute Gasteiger partial charge is 0.399 e. The predicted molar refractivity (Wildman–Crippen MR) is 258 cm³/mol. The molecular formula is C45H70N8O10. The standard InChI is InChI=1S/C10H11N3O4.C8H8N2.C7H6N2O4.C7H8.C5H13NO2.4C2H6/c1-11(2)6-5-8-3-4-9(12(14)15)7-10(8)13(16)17;9-7-2-1-6-3-4-10-8(6)5-7;1-5-2-3-6(8(10)11)4-7(5)9(12)13;1-7-5-3-2-4-6-7;1-6(2)5(7-3)8-4;4*1-2/h3-7H,1-2H3;1-5,10H,9H2;2-4H,1H3;2-6H,1H3;5H,1-4H3;4*1-2H3/b6-5+;;;;;;;;. The lowest BCUT2D eigenvalue weighted by Crippen LogP contribution is -2.30. The monoisotopic (exact) mass is 883 g/mol. The van der Waals surface area contributed by atoms with Crippen molar-refractivity contribution in [2.45, 2.75) is 75.7 Å². The number of nitro groups is 4. The zero-order valence-corrected chi connectivity index (χ0v) is 39.8. The molecule has 0 saturated carbocycles. The van der Waals surface area contributed by atoms with Crippen LogP contribution in [0.3, 0.4) is 0 Å². The fourth-order valence-electron chi connectivity index (χ4n) is 4.20. The lowest BCUT2D eigenvalue weighted by Gasteiger charge is -2.19. The molecule has 0 aliphatic heterocycles. The topological polar surface area (TPSA) is 239 Å². The number of nitro benzene ring substituents is 4. The molecule has 0 aliphatic carbocycles. The molecule has 0 bridgehead atoms. The molecule has 63 heavy (non-hydrogen) atoms. The van der Waals surface area contributed by atoms with Crippen molar-refractivity contribution < 1.29 is 29.2 Å². The van der Waals surface area contributed by atoms with Crippen molar-refractivity contribution in [2.24, 2.45) is 0 Å². The highest BCUT2D eigenvalue weighted by Gasteiger charge is 2.18. The molecular weight excluding hydrogens is 813 g/mol. The van der Waals surface area contributed by atoms with E-state index in [0.717, 1.165) is 23.3 Å². The number of nitrogens with one attached hydrogen (secondary N) is 1. The maximum atomic E-state index is 10.8. The van der Waals surface area contributed by atoms with Crippen molar-refractivity contribution in [2.75, 3.05) is 48.1 Å². The summed E-state index contributed by atoms with van der Waals surface area (Å²) in [5.74, 6) is 0. The molecule has 18 heteroatoms. The van der Waals surface area contributed by atoms with Crippen LogP contribution in [0.4, 0.5) is 28.4 Å². The van der Waals surface area contributed by atoms with Gasteiger partial charge in [0, 0.05) is 63.4 Å². The molecule has 1 heterocycles. The Hall–Kier alpha value is -6.76. The van der Waals surface area contributed by atoms with Gasteiger partial charge in [0.2, 0.25) is 6.41 Å². The number of nitrogen functional groups attached to an aromatic ring is 1. The van der Waals surface area contributed by atoms with Gasteiger partial charge in [-0.3, -0.25) is 45.4 Å². The number of aromatic amines is 1. The second-order valence-corrected chi connectivity index (χ2v) is 11.7. The highest BCUT2D eigenvalue weighted by atomic mass is 16.7. The summed E-state index contributed by atoms with van der Waals surface area (Å²) < 4.78 is 9.73. The van der Waals surface area contributed by atoms with Gasteiger partial charge in [0.15, 0.2) is 0 Å². The van der Waals surface area contributed by atoms with Crippen molar-refractivity contribution in [3.63, 3.8) is 0 Å². The van der Waals surface area contributed by atoms with Gasteiger partial charge < -0.3 is 25.1 Å². The van der Waals surface area contributed by atoms with Gasteiger partial charge in [-0.2, -0.15) is 0 Å². The van der Waals surface area contributed by atoms with Gasteiger partial charge in [0.05, 0.1) is 37.4 Å². The first-order chi connectivity index (χ1) is 29.9. The Labute approximate surface area is 372 Å². The van der Waals surface area contributed by atoms with Gasteiger partial charge in [0.1, 0.15) is 0 Å². The summed E-state index contributed by atoms with van der Waals surface area (Å²) in [7, 11) is 10.5. The normalized spacial score (nSPS) is 9.24. The van der Waals surface area contributed by atoms with Gasteiger partial charge in [-0.1, -0.05) is 97.4 Å². The van der Waals surface area contributed by atoms with Crippen LogP contribution in [0.5, 0.6) is 0 Å². The van der Waals surface area contributed by atoms with E-state index in [1.165, 1.54) is 48.2 Å². The first-order valence-electron chi connectivity index (χ1n) is 20.1. The molecule has 0 fully saturated rings. The maximum Gasteiger partial charge on any atom is 0.283 e. The lowest BCUT2D eigenvalue weighted by molar-refractivity contribution is -0.394. The van der Waals surface area contributed by atoms with Crippen molar-refractivity contribution >= 4 is 45.4 Å². The summed E-state index contributed by atoms with van der Waals surface area (Å²) in [5.41, 5.74) is 8.46. The minimum atomic E-state index is -0.660. The Balaban J connectivity index is -0.000000341. The molecule has 5 aromatic rings. The maximum absolute atomic E-state index is 10.8. The highest BCUT2D eigenvalue weighted by molar-refractivity contribution is 5.82. The zero-order chi connectivity index (χ0) is 49.7. The van der Waals surface area contributed by atoms with Crippen LogP contribution >= 0.6 is 0 Å². The van der Waals surface area contributed by atoms with E-state index in [0.29, 0.717) is 11.1 Å². The van der Waals surface area contributed by atoms with E-state index in [9.17, 15) is 40.5 Å². The number of rotatable bonds is 9. The van der Waals surface area contributed by atoms with Crippen LogP contribution in [0.15, 0.2) is 103 Å². The fraction of sp³-hybridized carbons (Fsp3) is 0.378. The SMILES string of the molecule is CC.CC.CC.CC.CN(C)/C=C/c1ccc([N+](=O)[O-])cc1[N+](=O)[O-].COC(OC)N(C)C.Cc1ccc([N+](=O)[O-])cc1[N+](=O)[O-].Cc1ccccc1.Nc1ccc2cc[nH]c2c1. The Kier molecular flexibility index (Phi) is 38.1. The van der Waals surface area contributed by atoms with Gasteiger partial charge in [-0.05, 0) is 75.9 Å². The van der Waals surface area contributed by atoms with E-state index in [-0.39, 0.29) is 29.2 Å². The van der Waals surface area contributed by atoms with E-state index in [4.69, 9.17) is 15.2 Å². The number of anilines is 1. The zero-order valence-electron chi connectivity index (χ0n) is 39.8. The first kappa shape index (κ1) is 62.9. The van der Waals surface area contributed by atoms with Crippen LogP contribution in [0.1, 0.15) is 72.1 Å². The number of ether oxygens (including phenoxy) is 2. The second-order valence-electron chi connectivity index (χ2n) is 11.7. The highest BCUT2D eigenvalue weighted by Crippen LogP contribution is 2.26. The molecule has 0 amide bonds. The third-order valence-electron chi connectivity index (χ3n) is 6.92. The smallest absolute Gasteiger partial charge is 0.283 e. The molecule has 0 saturated heterocycles. The van der Waals surface area contributed by atoms with Crippen LogP contribution in [0.25, 0.3) is 17.0 Å². The van der Waals surface area contributed by atoms with Crippen molar-refractivity contribution in [1.82, 2.24) is 14.8 Å². The number of nitrogens with two attached hydrogens (primary N) is 1. The number of benzene rings is 4. The number of non-ortho nitro benzene ring substituents is 2. The summed E-state index contributed by atoms with van der Waals surface area (Å²) in [6.07, 6.45) is 4.86. The van der Waals surface area contributed by atoms with Crippen LogP contribution in [0, 0.1) is 54.3 Å². The molecule has 18 nitrogen and oxygen atoms in total. The van der Waals surface area contributed by atoms with Crippen LogP contribution < -0.4 is 5.73 Å². The number of nitrogens with zero attached hydrogens (tertiary/aromatic N) is 6. The Morgan fingerprint density at radius 2 is 1.10 bits per heavy atom. The third-order valence-corrected chi connectivity index (χ3v) is 6.92. The number of hydrogen-bond donors (Lipinski definition) is 2. The quantitative estimate of drug-likeness (QED) is 0.0606. The number of fused-ring (bicyclic) bond motifs is 1. The lowest BCUT2D eigenvalue weighted by atomic mass is 10.1. The molecule has 0 aliphatic rings. The number of methoxy groups -OCH3 is 2. The van der Waals surface area contributed by atoms with E-state index < -0.39 is 19.7 Å². The van der Waals surface area contributed by atoms with Gasteiger partial charge in [0.25, 0.3) is 22.7 Å². The van der Waals surface area contributed by atoms with E-state index in [1.807, 2.05) is 123 Å². The summed E-state index contributed by atoms with van der Waals surface area (Å²) in [6.45, 7) is 19.6. The average Bonchev–Trinajstić information content (AvgIpc) is 3.75. The number of aromatic nitrogens is 1. The molecule has 0 unspecified atom stereocenters. The van der Waals surface area contributed by atoms with E-state index >= 15 is 0 Å². The molecule has 5 rings (SSSR count). The number of hydrogen-bond acceptors (Lipinski definition) is 13. The summed E-state index contributed by atoms with van der Waals surface area (Å²) in [6, 6.07) is 25.2. The van der Waals surface area contributed by atoms with Crippen molar-refractivity contribution in [3.05, 3.63) is 161 Å². The third kappa shape index (κ3) is 27.7. The van der Waals surface area contributed by atoms with Crippen LogP contribution in [-0.4, -0.2) is 83.3 Å². The summed E-state index contributed by atoms with van der Waals surface area (Å²) in [5, 5.41) is 43.1. The van der Waals surface area contributed by atoms with Crippen molar-refractivity contribution in [1.29, 1.82) is 0 Å².